The highest BCUT2D eigenvalue weighted by atomic mass is 35.5. The summed E-state index contributed by atoms with van der Waals surface area (Å²) in [5.74, 6) is 0. The predicted octanol–water partition coefficient (Wildman–Crippen LogP) is 3.30. The number of hydrogen-bond acceptors (Lipinski definition) is 4. The van der Waals surface area contributed by atoms with Crippen LogP contribution in [0.5, 0.6) is 0 Å². The van der Waals surface area contributed by atoms with Crippen LogP contribution in [0.15, 0.2) is 36.0 Å². The van der Waals surface area contributed by atoms with E-state index in [-0.39, 0.29) is 5.38 Å². The summed E-state index contributed by atoms with van der Waals surface area (Å²) in [6.07, 6.45) is 1.94. The number of halogens is 1. The average Bonchev–Trinajstić information content (AvgIpc) is 2.34. The van der Waals surface area contributed by atoms with Gasteiger partial charge >= 0.3 is 0 Å². The first-order valence-corrected chi connectivity index (χ1v) is 6.23. The first kappa shape index (κ1) is 14.8. The van der Waals surface area contributed by atoms with E-state index < -0.39 is 0 Å². The van der Waals surface area contributed by atoms with E-state index in [0.29, 0.717) is 5.69 Å². The Hall–Kier alpha value is -1.23. The summed E-state index contributed by atoms with van der Waals surface area (Å²) >= 11 is 6.05. The minimum Gasteiger partial charge on any atom is -0.358 e. The Morgan fingerprint density at radius 3 is 2.61 bits per heavy atom. The molecule has 5 heteroatoms. The summed E-state index contributed by atoms with van der Waals surface area (Å²) in [4.78, 5) is 0. The van der Waals surface area contributed by atoms with E-state index in [4.69, 9.17) is 11.6 Å². The molecular formula is C13H20ClN3O. The van der Waals surface area contributed by atoms with E-state index in [9.17, 15) is 5.21 Å². The van der Waals surface area contributed by atoms with Crippen LogP contribution in [0.3, 0.4) is 0 Å². The molecule has 4 nitrogen and oxygen atoms in total. The summed E-state index contributed by atoms with van der Waals surface area (Å²) in [7, 11) is 3.52. The Bertz CT molecular complexity index is 418. The van der Waals surface area contributed by atoms with Gasteiger partial charge in [-0.3, -0.25) is 5.21 Å². The molecule has 2 N–H and O–H groups in total. The zero-order valence-electron chi connectivity index (χ0n) is 11.2. The van der Waals surface area contributed by atoms with Crippen molar-refractivity contribution < 1.29 is 5.21 Å². The molecule has 18 heavy (non-hydrogen) atoms. The van der Waals surface area contributed by atoms with Crippen LogP contribution in [0, 0.1) is 0 Å². The second-order valence-electron chi connectivity index (χ2n) is 4.17. The third-order valence-corrected chi connectivity index (χ3v) is 2.72. The fraction of sp³-hybridized carbons (Fsp3) is 0.385. The van der Waals surface area contributed by atoms with E-state index in [0.717, 1.165) is 16.6 Å². The molecule has 0 fully saturated rings. The Morgan fingerprint density at radius 2 is 2.11 bits per heavy atom. The Balaban J connectivity index is 2.89. The van der Waals surface area contributed by atoms with Gasteiger partial charge in [0.2, 0.25) is 0 Å². The van der Waals surface area contributed by atoms with Crippen LogP contribution in [0.1, 0.15) is 13.8 Å². The molecule has 0 heterocycles. The topological polar surface area (TPSA) is 38.7 Å². The fourth-order valence-corrected chi connectivity index (χ4v) is 1.69. The summed E-state index contributed by atoms with van der Waals surface area (Å²) in [5.41, 5.74) is 2.50. The van der Waals surface area contributed by atoms with Crippen molar-refractivity contribution in [2.75, 3.05) is 24.6 Å². The molecule has 0 aliphatic carbocycles. The van der Waals surface area contributed by atoms with Crippen molar-refractivity contribution in [1.82, 2.24) is 5.01 Å². The largest absolute Gasteiger partial charge is 0.358 e. The third kappa shape index (κ3) is 3.91. The minimum atomic E-state index is -0.0854. The highest BCUT2D eigenvalue weighted by molar-refractivity contribution is 6.22. The lowest BCUT2D eigenvalue weighted by atomic mass is 10.2. The molecule has 0 radical (unpaired) electrons. The van der Waals surface area contributed by atoms with Crippen molar-refractivity contribution in [3.05, 3.63) is 36.0 Å². The monoisotopic (exact) mass is 269 g/mol. The molecule has 0 saturated carbocycles. The molecule has 1 aromatic rings. The van der Waals surface area contributed by atoms with Crippen molar-refractivity contribution in [2.24, 2.45) is 0 Å². The first-order valence-electron chi connectivity index (χ1n) is 5.79. The van der Waals surface area contributed by atoms with Crippen LogP contribution in [-0.4, -0.2) is 29.7 Å². The Kier molecular flexibility index (Phi) is 5.47. The van der Waals surface area contributed by atoms with Gasteiger partial charge in [-0.25, -0.2) is 5.01 Å². The van der Waals surface area contributed by atoms with Gasteiger partial charge in [0.25, 0.3) is 0 Å². The molecule has 0 spiro atoms. The van der Waals surface area contributed by atoms with Crippen LogP contribution < -0.4 is 10.5 Å². The van der Waals surface area contributed by atoms with Crippen molar-refractivity contribution in [3.8, 4) is 0 Å². The van der Waals surface area contributed by atoms with Gasteiger partial charge in [-0.15, -0.1) is 11.6 Å². The standard InChI is InChI=1S/C13H20ClN3O/c1-5-13(10(2)14)15-11-7-6-8-12(9-11)17(18)16(3)4/h5-10,15,18H,1-4H3/b13-5+. The number of rotatable bonds is 5. The summed E-state index contributed by atoms with van der Waals surface area (Å²) in [6.45, 7) is 3.84. The Morgan fingerprint density at radius 1 is 1.44 bits per heavy atom. The van der Waals surface area contributed by atoms with Crippen LogP contribution in [0.2, 0.25) is 0 Å². The lowest BCUT2D eigenvalue weighted by Crippen LogP contribution is -2.33. The quantitative estimate of drug-likeness (QED) is 0.635. The first-order chi connectivity index (χ1) is 8.45. The molecule has 0 aromatic heterocycles. The summed E-state index contributed by atoms with van der Waals surface area (Å²) in [5, 5.41) is 15.6. The zero-order valence-corrected chi connectivity index (χ0v) is 11.9. The molecule has 1 atom stereocenters. The van der Waals surface area contributed by atoms with Gasteiger partial charge in [0.15, 0.2) is 0 Å². The van der Waals surface area contributed by atoms with Crippen molar-refractivity contribution >= 4 is 23.0 Å². The molecule has 0 saturated heterocycles. The maximum atomic E-state index is 9.81. The molecular weight excluding hydrogens is 250 g/mol. The smallest absolute Gasteiger partial charge is 0.0843 e. The van der Waals surface area contributed by atoms with Gasteiger partial charge in [-0.2, -0.15) is 5.17 Å². The second-order valence-corrected chi connectivity index (χ2v) is 4.83. The van der Waals surface area contributed by atoms with Crippen LogP contribution in [0.4, 0.5) is 11.4 Å². The number of nitrogens with zero attached hydrogens (tertiary/aromatic N) is 2. The molecule has 1 aromatic carbocycles. The summed E-state index contributed by atoms with van der Waals surface area (Å²) in [6, 6.07) is 7.47. The molecule has 1 rings (SSSR count). The molecule has 0 amide bonds. The van der Waals surface area contributed by atoms with E-state index in [1.807, 2.05) is 44.2 Å². The maximum Gasteiger partial charge on any atom is 0.0843 e. The van der Waals surface area contributed by atoms with E-state index in [2.05, 4.69) is 5.32 Å². The molecule has 1 unspecified atom stereocenters. The van der Waals surface area contributed by atoms with Crippen molar-refractivity contribution in [3.63, 3.8) is 0 Å². The lowest BCUT2D eigenvalue weighted by Gasteiger charge is -2.24. The number of hydrogen-bond donors (Lipinski definition) is 2. The SMILES string of the molecule is C/C=C(/Nc1cccc(N(O)N(C)C)c1)C(C)Cl. The molecule has 0 aliphatic rings. The van der Waals surface area contributed by atoms with E-state index >= 15 is 0 Å². The van der Waals surface area contributed by atoms with Crippen LogP contribution in [-0.2, 0) is 0 Å². The van der Waals surface area contributed by atoms with E-state index in [1.54, 1.807) is 19.1 Å². The summed E-state index contributed by atoms with van der Waals surface area (Å²) < 4.78 is 0. The predicted molar refractivity (Wildman–Crippen MR) is 77.1 cm³/mol. The second kappa shape index (κ2) is 6.64. The number of alkyl halides is 1. The van der Waals surface area contributed by atoms with Crippen LogP contribution >= 0.6 is 11.6 Å². The van der Waals surface area contributed by atoms with Crippen molar-refractivity contribution in [2.45, 2.75) is 19.2 Å². The van der Waals surface area contributed by atoms with Gasteiger partial charge in [0.05, 0.1) is 11.1 Å². The normalized spacial score (nSPS) is 13.6. The molecule has 100 valence electrons. The van der Waals surface area contributed by atoms with Gasteiger partial charge in [-0.1, -0.05) is 12.1 Å². The number of hydrazine groups is 1. The average molecular weight is 270 g/mol. The fourth-order valence-electron chi connectivity index (χ4n) is 1.51. The maximum absolute atomic E-state index is 9.81. The number of allylic oxidation sites excluding steroid dienone is 2. The van der Waals surface area contributed by atoms with Crippen molar-refractivity contribution in [1.29, 1.82) is 0 Å². The molecule has 0 aliphatic heterocycles. The van der Waals surface area contributed by atoms with Gasteiger partial charge in [0, 0.05) is 25.5 Å². The highest BCUT2D eigenvalue weighted by Gasteiger charge is 2.08. The van der Waals surface area contributed by atoms with Gasteiger partial charge in [-0.05, 0) is 32.0 Å². The van der Waals surface area contributed by atoms with Gasteiger partial charge in [0.1, 0.15) is 0 Å². The third-order valence-electron chi connectivity index (χ3n) is 2.48. The minimum absolute atomic E-state index is 0.0854. The van der Waals surface area contributed by atoms with E-state index in [1.165, 1.54) is 0 Å². The number of nitrogens with one attached hydrogen (secondary N) is 1. The zero-order chi connectivity index (χ0) is 13.7. The Labute approximate surface area is 113 Å². The molecule has 0 bridgehead atoms. The number of anilines is 2. The number of benzene rings is 1. The highest BCUT2D eigenvalue weighted by Crippen LogP contribution is 2.21. The lowest BCUT2D eigenvalue weighted by molar-refractivity contribution is 0.110. The van der Waals surface area contributed by atoms with Gasteiger partial charge < -0.3 is 5.32 Å². The van der Waals surface area contributed by atoms with Crippen LogP contribution in [0.25, 0.3) is 0 Å².